The summed E-state index contributed by atoms with van der Waals surface area (Å²) in [6.45, 7) is 8.85. The Morgan fingerprint density at radius 2 is 2.31 bits per heavy atom. The maximum atomic E-state index is 5.63. The average molecular weight is 183 g/mol. The summed E-state index contributed by atoms with van der Waals surface area (Å²) in [5.74, 6) is 0. The van der Waals surface area contributed by atoms with Crippen molar-refractivity contribution in [1.82, 2.24) is 5.32 Å². The zero-order valence-corrected chi connectivity index (χ0v) is 8.64. The van der Waals surface area contributed by atoms with Crippen molar-refractivity contribution < 1.29 is 4.74 Å². The van der Waals surface area contributed by atoms with E-state index in [1.165, 1.54) is 31.3 Å². The Balaban J connectivity index is 1.90. The van der Waals surface area contributed by atoms with Gasteiger partial charge in [0.25, 0.3) is 0 Å². The van der Waals surface area contributed by atoms with Crippen LogP contribution in [0.4, 0.5) is 0 Å². The second-order valence-electron chi connectivity index (χ2n) is 3.79. The van der Waals surface area contributed by atoms with Gasteiger partial charge >= 0.3 is 0 Å². The van der Waals surface area contributed by atoms with Gasteiger partial charge in [-0.05, 0) is 37.8 Å². The highest BCUT2D eigenvalue weighted by Crippen LogP contribution is 2.22. The van der Waals surface area contributed by atoms with Crippen molar-refractivity contribution in [2.75, 3.05) is 19.7 Å². The molecular formula is C11H21NO. The third-order valence-corrected chi connectivity index (χ3v) is 2.38. The molecular weight excluding hydrogens is 162 g/mol. The molecule has 0 spiro atoms. The summed E-state index contributed by atoms with van der Waals surface area (Å²) >= 11 is 0. The van der Waals surface area contributed by atoms with Crippen molar-refractivity contribution in [1.29, 1.82) is 0 Å². The molecule has 1 aliphatic carbocycles. The Hall–Kier alpha value is -0.340. The molecule has 0 radical (unpaired) electrons. The Bertz CT molecular complexity index is 152. The Labute approximate surface area is 81.4 Å². The van der Waals surface area contributed by atoms with Crippen LogP contribution in [-0.2, 0) is 4.74 Å². The van der Waals surface area contributed by atoms with Gasteiger partial charge in [0.05, 0.1) is 12.7 Å². The van der Waals surface area contributed by atoms with E-state index >= 15 is 0 Å². The van der Waals surface area contributed by atoms with Crippen LogP contribution in [-0.4, -0.2) is 25.8 Å². The summed E-state index contributed by atoms with van der Waals surface area (Å²) in [4.78, 5) is 0. The van der Waals surface area contributed by atoms with Gasteiger partial charge in [0, 0.05) is 6.54 Å². The van der Waals surface area contributed by atoms with Gasteiger partial charge in [0.2, 0.25) is 0 Å². The van der Waals surface area contributed by atoms with Crippen LogP contribution in [0.3, 0.4) is 0 Å². The van der Waals surface area contributed by atoms with Gasteiger partial charge in [0.15, 0.2) is 0 Å². The van der Waals surface area contributed by atoms with Crippen LogP contribution in [0.5, 0.6) is 0 Å². The quantitative estimate of drug-likeness (QED) is 0.482. The Morgan fingerprint density at radius 1 is 1.54 bits per heavy atom. The summed E-state index contributed by atoms with van der Waals surface area (Å²) in [6, 6.07) is 0. The van der Waals surface area contributed by atoms with E-state index in [4.69, 9.17) is 4.74 Å². The van der Waals surface area contributed by atoms with Crippen LogP contribution in [0.15, 0.2) is 12.2 Å². The molecule has 0 bridgehead atoms. The van der Waals surface area contributed by atoms with Gasteiger partial charge in [-0.2, -0.15) is 0 Å². The first kappa shape index (κ1) is 10.7. The molecule has 0 amide bonds. The van der Waals surface area contributed by atoms with Gasteiger partial charge < -0.3 is 10.1 Å². The minimum Gasteiger partial charge on any atom is -0.374 e. The first-order valence-corrected chi connectivity index (χ1v) is 5.32. The van der Waals surface area contributed by atoms with E-state index in [2.05, 4.69) is 18.8 Å². The molecule has 76 valence electrons. The first-order valence-electron chi connectivity index (χ1n) is 5.32. The van der Waals surface area contributed by atoms with Crippen molar-refractivity contribution in [3.05, 3.63) is 12.2 Å². The molecule has 0 aromatic heterocycles. The zero-order valence-electron chi connectivity index (χ0n) is 8.64. The summed E-state index contributed by atoms with van der Waals surface area (Å²) < 4.78 is 5.63. The topological polar surface area (TPSA) is 21.3 Å². The highest BCUT2D eigenvalue weighted by atomic mass is 16.5. The summed E-state index contributed by atoms with van der Waals surface area (Å²) in [5, 5.41) is 3.32. The average Bonchev–Trinajstić information content (AvgIpc) is 2.02. The second-order valence-corrected chi connectivity index (χ2v) is 3.79. The number of rotatable bonds is 7. The van der Waals surface area contributed by atoms with Gasteiger partial charge in [-0.1, -0.05) is 13.5 Å². The van der Waals surface area contributed by atoms with E-state index < -0.39 is 0 Å². The predicted octanol–water partition coefficient (Wildman–Crippen LogP) is 2.11. The molecule has 1 saturated carbocycles. The lowest BCUT2D eigenvalue weighted by atomic mass is 9.96. The van der Waals surface area contributed by atoms with Crippen LogP contribution >= 0.6 is 0 Å². The minimum absolute atomic E-state index is 0.530. The number of hydrogen-bond acceptors (Lipinski definition) is 2. The normalized spacial score (nSPS) is 17.0. The third kappa shape index (κ3) is 4.44. The number of nitrogens with one attached hydrogen (secondary N) is 1. The fourth-order valence-corrected chi connectivity index (χ4v) is 1.27. The van der Waals surface area contributed by atoms with Gasteiger partial charge in [-0.15, -0.1) is 0 Å². The lowest BCUT2D eigenvalue weighted by Gasteiger charge is -2.25. The fraction of sp³-hybridized carbons (Fsp3) is 0.818. The molecule has 1 rings (SSSR count). The summed E-state index contributed by atoms with van der Waals surface area (Å²) in [7, 11) is 0. The van der Waals surface area contributed by atoms with E-state index in [9.17, 15) is 0 Å². The molecule has 0 atom stereocenters. The SMILES string of the molecule is C=C(CNCCC)COC1CCC1. The van der Waals surface area contributed by atoms with Crippen molar-refractivity contribution in [2.24, 2.45) is 0 Å². The van der Waals surface area contributed by atoms with Gasteiger partial charge in [0.1, 0.15) is 0 Å². The largest absolute Gasteiger partial charge is 0.374 e. The molecule has 0 saturated heterocycles. The highest BCUT2D eigenvalue weighted by molar-refractivity contribution is 4.97. The van der Waals surface area contributed by atoms with Crippen LogP contribution in [0.1, 0.15) is 32.6 Å². The Morgan fingerprint density at radius 3 is 2.85 bits per heavy atom. The number of ether oxygens (including phenoxy) is 1. The van der Waals surface area contributed by atoms with Crippen LogP contribution in [0.2, 0.25) is 0 Å². The molecule has 0 aromatic carbocycles. The molecule has 0 unspecified atom stereocenters. The summed E-state index contributed by atoms with van der Waals surface area (Å²) in [5.41, 5.74) is 1.17. The fourth-order valence-electron chi connectivity index (χ4n) is 1.27. The van der Waals surface area contributed by atoms with Gasteiger partial charge in [-0.25, -0.2) is 0 Å². The van der Waals surface area contributed by atoms with Crippen LogP contribution in [0, 0.1) is 0 Å². The van der Waals surface area contributed by atoms with E-state index in [-0.39, 0.29) is 0 Å². The first-order chi connectivity index (χ1) is 6.33. The van der Waals surface area contributed by atoms with Crippen LogP contribution < -0.4 is 5.32 Å². The van der Waals surface area contributed by atoms with E-state index in [1.54, 1.807) is 0 Å². The maximum absolute atomic E-state index is 5.63. The lowest BCUT2D eigenvalue weighted by Crippen LogP contribution is -2.25. The third-order valence-electron chi connectivity index (χ3n) is 2.38. The monoisotopic (exact) mass is 183 g/mol. The number of hydrogen-bond donors (Lipinski definition) is 1. The molecule has 1 fully saturated rings. The van der Waals surface area contributed by atoms with E-state index in [1.807, 2.05) is 0 Å². The molecule has 0 aromatic rings. The maximum Gasteiger partial charge on any atom is 0.0690 e. The van der Waals surface area contributed by atoms with Crippen LogP contribution in [0.25, 0.3) is 0 Å². The molecule has 1 aliphatic rings. The Kier molecular flexibility index (Phi) is 5.09. The van der Waals surface area contributed by atoms with Gasteiger partial charge in [-0.3, -0.25) is 0 Å². The molecule has 1 N–H and O–H groups in total. The molecule has 2 heteroatoms. The van der Waals surface area contributed by atoms with E-state index in [0.717, 1.165) is 19.7 Å². The molecule has 13 heavy (non-hydrogen) atoms. The molecule has 0 heterocycles. The molecule has 2 nitrogen and oxygen atoms in total. The van der Waals surface area contributed by atoms with Crippen molar-refractivity contribution in [2.45, 2.75) is 38.7 Å². The van der Waals surface area contributed by atoms with Crippen molar-refractivity contribution >= 4 is 0 Å². The zero-order chi connectivity index (χ0) is 9.52. The van der Waals surface area contributed by atoms with Crippen molar-refractivity contribution in [3.8, 4) is 0 Å². The minimum atomic E-state index is 0.530. The van der Waals surface area contributed by atoms with E-state index in [0.29, 0.717) is 6.10 Å². The second kappa shape index (κ2) is 6.17. The smallest absolute Gasteiger partial charge is 0.0690 e. The lowest BCUT2D eigenvalue weighted by molar-refractivity contribution is 0.0148. The molecule has 0 aliphatic heterocycles. The standard InChI is InChI=1S/C11H21NO/c1-3-7-12-8-10(2)9-13-11-5-4-6-11/h11-12H,2-9H2,1H3. The predicted molar refractivity (Wildman–Crippen MR) is 55.9 cm³/mol. The summed E-state index contributed by atoms with van der Waals surface area (Å²) in [6.07, 6.45) is 5.54. The highest BCUT2D eigenvalue weighted by Gasteiger charge is 2.17. The van der Waals surface area contributed by atoms with Crippen molar-refractivity contribution in [3.63, 3.8) is 0 Å².